The summed E-state index contributed by atoms with van der Waals surface area (Å²) in [4.78, 5) is 14.0. The first-order valence-corrected chi connectivity index (χ1v) is 6.05. The van der Waals surface area contributed by atoms with Gasteiger partial charge in [-0.3, -0.25) is 4.79 Å². The van der Waals surface area contributed by atoms with Gasteiger partial charge >= 0.3 is 0 Å². The van der Waals surface area contributed by atoms with E-state index < -0.39 is 6.04 Å². The lowest BCUT2D eigenvalue weighted by molar-refractivity contribution is 0.0945. The second-order valence-corrected chi connectivity index (χ2v) is 4.40. The molecule has 0 saturated carbocycles. The molecule has 1 atom stereocenters. The van der Waals surface area contributed by atoms with Crippen molar-refractivity contribution in [2.45, 2.75) is 19.4 Å². The van der Waals surface area contributed by atoms with Gasteiger partial charge in [0, 0.05) is 25.3 Å². The molecule has 6 heteroatoms. The van der Waals surface area contributed by atoms with Crippen LogP contribution in [0.1, 0.15) is 23.7 Å². The van der Waals surface area contributed by atoms with Crippen LogP contribution in [-0.2, 0) is 0 Å². The smallest absolute Gasteiger partial charge is 0.251 e. The van der Waals surface area contributed by atoms with Gasteiger partial charge in [-0.25, -0.2) is 0 Å². The number of benzene rings is 1. The second-order valence-electron chi connectivity index (χ2n) is 4.40. The number of rotatable bonds is 5. The highest BCUT2D eigenvalue weighted by atomic mass is 16.4. The van der Waals surface area contributed by atoms with E-state index >= 15 is 0 Å². The fourth-order valence-electron chi connectivity index (χ4n) is 1.62. The number of carbonyl (C=O) groups excluding carboxylic acids is 1. The maximum Gasteiger partial charge on any atom is 0.251 e. The minimum absolute atomic E-state index is 0.000357. The molecule has 0 aliphatic heterocycles. The van der Waals surface area contributed by atoms with E-state index in [0.717, 1.165) is 5.69 Å². The first kappa shape index (κ1) is 14.8. The predicted molar refractivity (Wildman–Crippen MR) is 75.7 cm³/mol. The molecule has 0 bridgehead atoms. The molecule has 1 aromatic rings. The molecular formula is C13H20N4O2. The number of anilines is 1. The van der Waals surface area contributed by atoms with E-state index in [-0.39, 0.29) is 11.7 Å². The van der Waals surface area contributed by atoms with Crippen molar-refractivity contribution in [1.82, 2.24) is 5.32 Å². The molecule has 0 heterocycles. The molecular weight excluding hydrogens is 244 g/mol. The van der Waals surface area contributed by atoms with Gasteiger partial charge in [-0.15, -0.1) is 0 Å². The number of nitrogens with two attached hydrogens (primary N) is 1. The lowest BCUT2D eigenvalue weighted by Gasteiger charge is -2.17. The maximum atomic E-state index is 12.1. The van der Waals surface area contributed by atoms with Crippen molar-refractivity contribution in [3.05, 3.63) is 29.8 Å². The van der Waals surface area contributed by atoms with Gasteiger partial charge in [0.05, 0.1) is 6.04 Å². The Kier molecular flexibility index (Phi) is 5.17. The Labute approximate surface area is 112 Å². The number of hydrogen-bond acceptors (Lipinski definition) is 4. The lowest BCUT2D eigenvalue weighted by Crippen LogP contribution is -2.44. The molecule has 1 rings (SSSR count). The average molecular weight is 264 g/mol. The quantitative estimate of drug-likeness (QED) is 0.320. The molecule has 0 aliphatic rings. The summed E-state index contributed by atoms with van der Waals surface area (Å²) in [7, 11) is 3.81. The van der Waals surface area contributed by atoms with Gasteiger partial charge in [-0.1, -0.05) is 18.1 Å². The third kappa shape index (κ3) is 3.87. The highest BCUT2D eigenvalue weighted by molar-refractivity contribution is 5.98. The van der Waals surface area contributed by atoms with Crippen LogP contribution in [-0.4, -0.2) is 37.1 Å². The summed E-state index contributed by atoms with van der Waals surface area (Å²) >= 11 is 0. The van der Waals surface area contributed by atoms with Crippen LogP contribution in [0.15, 0.2) is 29.4 Å². The average Bonchev–Trinajstić information content (AvgIpc) is 2.43. The Morgan fingerprint density at radius 3 is 2.74 bits per heavy atom. The standard InChI is InChI=1S/C13H20N4O2/c1-4-11(12(14)16-19)15-13(18)9-6-5-7-10(8-9)17(2)3/h5-8,11,19H,4H2,1-3H3,(H2,14,16)(H,15,18). The number of amides is 1. The molecule has 0 aromatic heterocycles. The van der Waals surface area contributed by atoms with Gasteiger partial charge in [0.25, 0.3) is 5.91 Å². The van der Waals surface area contributed by atoms with Crippen molar-refractivity contribution in [3.8, 4) is 0 Å². The third-order valence-electron chi connectivity index (χ3n) is 2.81. The van der Waals surface area contributed by atoms with Crippen LogP contribution in [0, 0.1) is 0 Å². The zero-order valence-electron chi connectivity index (χ0n) is 11.4. The monoisotopic (exact) mass is 264 g/mol. The SMILES string of the molecule is CCC(NC(=O)c1cccc(N(C)C)c1)/C(N)=N/O. The minimum Gasteiger partial charge on any atom is -0.409 e. The summed E-state index contributed by atoms with van der Waals surface area (Å²) in [6, 6.07) is 6.77. The normalized spacial score (nSPS) is 12.9. The molecule has 1 amide bonds. The molecule has 0 spiro atoms. The number of hydrogen-bond donors (Lipinski definition) is 3. The molecule has 0 radical (unpaired) electrons. The minimum atomic E-state index is -0.472. The molecule has 0 saturated heterocycles. The van der Waals surface area contributed by atoms with E-state index in [4.69, 9.17) is 10.9 Å². The van der Waals surface area contributed by atoms with Crippen LogP contribution in [0.3, 0.4) is 0 Å². The van der Waals surface area contributed by atoms with Crippen LogP contribution in [0.5, 0.6) is 0 Å². The Morgan fingerprint density at radius 2 is 2.21 bits per heavy atom. The van der Waals surface area contributed by atoms with Gasteiger partial charge in [-0.2, -0.15) is 0 Å². The molecule has 19 heavy (non-hydrogen) atoms. The summed E-state index contributed by atoms with van der Waals surface area (Å²) in [6.07, 6.45) is 0.551. The molecule has 0 aliphatic carbocycles. The third-order valence-corrected chi connectivity index (χ3v) is 2.81. The van der Waals surface area contributed by atoms with Gasteiger partial charge in [0.1, 0.15) is 0 Å². The van der Waals surface area contributed by atoms with E-state index in [9.17, 15) is 4.79 Å². The number of nitrogens with one attached hydrogen (secondary N) is 1. The highest BCUT2D eigenvalue weighted by Crippen LogP contribution is 2.13. The first-order valence-electron chi connectivity index (χ1n) is 6.05. The first-order chi connectivity index (χ1) is 8.99. The predicted octanol–water partition coefficient (Wildman–Crippen LogP) is 1.01. The fourth-order valence-corrected chi connectivity index (χ4v) is 1.62. The lowest BCUT2D eigenvalue weighted by atomic mass is 10.1. The Hall–Kier alpha value is -2.24. The highest BCUT2D eigenvalue weighted by Gasteiger charge is 2.16. The van der Waals surface area contributed by atoms with E-state index in [1.165, 1.54) is 0 Å². The van der Waals surface area contributed by atoms with Gasteiger partial charge < -0.3 is 21.2 Å². The van der Waals surface area contributed by atoms with Crippen LogP contribution >= 0.6 is 0 Å². The number of oxime groups is 1. The van der Waals surface area contributed by atoms with Crippen molar-refractivity contribution in [2.24, 2.45) is 10.9 Å². The molecule has 6 nitrogen and oxygen atoms in total. The van der Waals surface area contributed by atoms with Crippen molar-refractivity contribution in [3.63, 3.8) is 0 Å². The van der Waals surface area contributed by atoms with Crippen molar-refractivity contribution < 1.29 is 10.0 Å². The van der Waals surface area contributed by atoms with Crippen LogP contribution < -0.4 is 16.0 Å². The van der Waals surface area contributed by atoms with Gasteiger partial charge in [0.15, 0.2) is 5.84 Å². The van der Waals surface area contributed by atoms with Gasteiger partial charge in [-0.05, 0) is 24.6 Å². The van der Waals surface area contributed by atoms with E-state index in [1.807, 2.05) is 38.1 Å². The summed E-state index contributed by atoms with van der Waals surface area (Å²) in [5.74, 6) is -0.248. The van der Waals surface area contributed by atoms with Crippen LogP contribution in [0.25, 0.3) is 0 Å². The summed E-state index contributed by atoms with van der Waals surface area (Å²) in [5.41, 5.74) is 6.98. The van der Waals surface area contributed by atoms with Crippen molar-refractivity contribution in [2.75, 3.05) is 19.0 Å². The Bertz CT molecular complexity index is 471. The number of amidine groups is 1. The maximum absolute atomic E-state index is 12.1. The van der Waals surface area contributed by atoms with Crippen LogP contribution in [0.2, 0.25) is 0 Å². The van der Waals surface area contributed by atoms with E-state index in [1.54, 1.807) is 12.1 Å². The zero-order valence-corrected chi connectivity index (χ0v) is 11.4. The molecule has 0 fully saturated rings. The van der Waals surface area contributed by atoms with Crippen molar-refractivity contribution in [1.29, 1.82) is 0 Å². The van der Waals surface area contributed by atoms with Crippen molar-refractivity contribution >= 4 is 17.4 Å². The van der Waals surface area contributed by atoms with Gasteiger partial charge in [0.2, 0.25) is 0 Å². The Balaban J connectivity index is 2.86. The largest absolute Gasteiger partial charge is 0.409 e. The summed E-state index contributed by atoms with van der Waals surface area (Å²) in [5, 5.41) is 14.3. The number of carbonyl (C=O) groups is 1. The fraction of sp³-hybridized carbons (Fsp3) is 0.385. The number of nitrogens with zero attached hydrogens (tertiary/aromatic N) is 2. The topological polar surface area (TPSA) is 91.0 Å². The molecule has 4 N–H and O–H groups in total. The van der Waals surface area contributed by atoms with E-state index in [0.29, 0.717) is 12.0 Å². The summed E-state index contributed by atoms with van der Waals surface area (Å²) < 4.78 is 0. The molecule has 104 valence electrons. The second kappa shape index (κ2) is 6.63. The zero-order chi connectivity index (χ0) is 14.4. The summed E-state index contributed by atoms with van der Waals surface area (Å²) in [6.45, 7) is 1.85. The van der Waals surface area contributed by atoms with E-state index in [2.05, 4.69) is 10.5 Å². The molecule has 1 unspecified atom stereocenters. The van der Waals surface area contributed by atoms with Crippen LogP contribution in [0.4, 0.5) is 5.69 Å². The Morgan fingerprint density at radius 1 is 1.53 bits per heavy atom. The molecule has 1 aromatic carbocycles.